The summed E-state index contributed by atoms with van der Waals surface area (Å²) in [5.74, 6) is 1.88. The summed E-state index contributed by atoms with van der Waals surface area (Å²) < 4.78 is 6.37. The van der Waals surface area contributed by atoms with Crippen LogP contribution in [0.2, 0.25) is 0 Å². The van der Waals surface area contributed by atoms with Crippen molar-refractivity contribution in [1.82, 2.24) is 4.98 Å². The van der Waals surface area contributed by atoms with Gasteiger partial charge in [-0.15, -0.1) is 19.0 Å². The van der Waals surface area contributed by atoms with E-state index in [1.165, 1.54) is 12.0 Å². The fourth-order valence-electron chi connectivity index (χ4n) is 6.24. The average molecular weight is 478 g/mol. The standard InChI is InChI=1S/C29H33N2O2.ClH/c1-4-20-6-8-21(9-7-20)18-31-15-13-23(22(5-2)19-31)16-28(31)29(32)25-12-14-30-27-11-10-24(33-3)17-26(25)27;/h4-12,14,17,22-23,28-29,32H,1-2,13,15-16,18-19H2,3H3;1H/q+1;/t22?,23?,28-,29+,31?;/m0./s1. The maximum atomic E-state index is 11.9. The Balaban J connectivity index is 0.00000274. The molecule has 1 N–H and O–H groups in total. The molecule has 3 saturated heterocycles. The molecule has 1 aromatic heterocycles. The highest BCUT2D eigenvalue weighted by molar-refractivity contribution is 5.85. The molecule has 5 heteroatoms. The van der Waals surface area contributed by atoms with Gasteiger partial charge in [0.25, 0.3) is 0 Å². The number of pyridine rings is 1. The van der Waals surface area contributed by atoms with Crippen LogP contribution in [0.3, 0.4) is 0 Å². The van der Waals surface area contributed by atoms with Crippen molar-refractivity contribution in [3.05, 3.63) is 90.7 Å². The number of aromatic nitrogens is 1. The third kappa shape index (κ3) is 4.26. The molecule has 2 bridgehead atoms. The Hall–Kier alpha value is -2.66. The average Bonchev–Trinajstić information content (AvgIpc) is 2.88. The first-order chi connectivity index (χ1) is 16.1. The SMILES string of the molecule is C=Cc1ccc(C[N+]23CCC(C[C@H]2[C@H](O)c2ccnc4ccc(OC)cc24)C(C=C)C3)cc1.Cl. The first-order valence-electron chi connectivity index (χ1n) is 11.9. The maximum absolute atomic E-state index is 11.9. The van der Waals surface area contributed by atoms with Gasteiger partial charge in [0.05, 0.1) is 25.7 Å². The second-order valence-corrected chi connectivity index (χ2v) is 9.71. The zero-order valence-corrected chi connectivity index (χ0v) is 20.6. The number of ether oxygens (including phenoxy) is 1. The molecule has 6 rings (SSSR count). The molecule has 3 fully saturated rings. The first kappa shape index (κ1) is 24.5. The number of benzene rings is 2. The molecule has 3 aromatic rings. The molecule has 3 aliphatic heterocycles. The number of aliphatic hydroxyl groups excluding tert-OH is 1. The van der Waals surface area contributed by atoms with Crippen molar-refractivity contribution < 1.29 is 14.3 Å². The topological polar surface area (TPSA) is 42.4 Å². The van der Waals surface area contributed by atoms with E-state index >= 15 is 0 Å². The fraction of sp³-hybridized carbons (Fsp3) is 0.345. The Morgan fingerprint density at radius 2 is 1.97 bits per heavy atom. The highest BCUT2D eigenvalue weighted by Crippen LogP contribution is 2.48. The maximum Gasteiger partial charge on any atom is 0.131 e. The zero-order chi connectivity index (χ0) is 23.0. The quantitative estimate of drug-likeness (QED) is 0.337. The molecule has 0 aliphatic carbocycles. The molecule has 4 nitrogen and oxygen atoms in total. The Morgan fingerprint density at radius 3 is 2.68 bits per heavy atom. The molecule has 3 aliphatic rings. The number of rotatable bonds is 7. The Labute approximate surface area is 208 Å². The van der Waals surface area contributed by atoms with Crippen molar-refractivity contribution in [2.24, 2.45) is 11.8 Å². The summed E-state index contributed by atoms with van der Waals surface area (Å²) in [5, 5.41) is 12.9. The van der Waals surface area contributed by atoms with Gasteiger partial charge in [-0.1, -0.05) is 43.0 Å². The molecule has 34 heavy (non-hydrogen) atoms. The second-order valence-electron chi connectivity index (χ2n) is 9.71. The molecule has 0 amide bonds. The number of hydrogen-bond acceptors (Lipinski definition) is 3. The van der Waals surface area contributed by atoms with E-state index in [9.17, 15) is 5.11 Å². The molecule has 5 atom stereocenters. The minimum absolute atomic E-state index is 0. The molecule has 178 valence electrons. The van der Waals surface area contributed by atoms with Gasteiger partial charge in [0.2, 0.25) is 0 Å². The smallest absolute Gasteiger partial charge is 0.131 e. The van der Waals surface area contributed by atoms with Crippen molar-refractivity contribution in [2.75, 3.05) is 20.2 Å². The Morgan fingerprint density at radius 1 is 1.18 bits per heavy atom. The van der Waals surface area contributed by atoms with E-state index in [-0.39, 0.29) is 18.4 Å². The molecule has 3 unspecified atom stereocenters. The lowest BCUT2D eigenvalue weighted by Crippen LogP contribution is -2.67. The van der Waals surface area contributed by atoms with Gasteiger partial charge in [0, 0.05) is 35.9 Å². The van der Waals surface area contributed by atoms with Crippen LogP contribution in [-0.4, -0.2) is 40.8 Å². The van der Waals surface area contributed by atoms with Crippen LogP contribution in [0.4, 0.5) is 0 Å². The van der Waals surface area contributed by atoms with Gasteiger partial charge in [-0.25, -0.2) is 0 Å². The van der Waals surface area contributed by atoms with Crippen molar-refractivity contribution in [3.63, 3.8) is 0 Å². The predicted molar refractivity (Wildman–Crippen MR) is 141 cm³/mol. The van der Waals surface area contributed by atoms with E-state index < -0.39 is 6.10 Å². The number of methoxy groups -OCH3 is 1. The van der Waals surface area contributed by atoms with Crippen LogP contribution in [0, 0.1) is 11.8 Å². The van der Waals surface area contributed by atoms with Gasteiger partial charge in [-0.2, -0.15) is 0 Å². The van der Waals surface area contributed by atoms with Crippen LogP contribution in [0.15, 0.2) is 74.0 Å². The van der Waals surface area contributed by atoms with Gasteiger partial charge in [0.15, 0.2) is 0 Å². The Kier molecular flexibility index (Phi) is 7.13. The van der Waals surface area contributed by atoms with Crippen LogP contribution in [0.25, 0.3) is 17.0 Å². The van der Waals surface area contributed by atoms with Crippen molar-refractivity contribution in [1.29, 1.82) is 0 Å². The molecule has 0 saturated carbocycles. The minimum Gasteiger partial charge on any atom is -0.497 e. The molecule has 4 heterocycles. The van der Waals surface area contributed by atoms with Gasteiger partial charge in [0.1, 0.15) is 24.4 Å². The highest BCUT2D eigenvalue weighted by atomic mass is 35.5. The number of quaternary nitrogens is 1. The van der Waals surface area contributed by atoms with Gasteiger partial charge in [-0.3, -0.25) is 4.98 Å². The Bertz CT molecular complexity index is 1180. The highest BCUT2D eigenvalue weighted by Gasteiger charge is 2.53. The van der Waals surface area contributed by atoms with E-state index in [4.69, 9.17) is 4.74 Å². The second kappa shape index (κ2) is 9.91. The van der Waals surface area contributed by atoms with Gasteiger partial charge >= 0.3 is 0 Å². The number of fused-ring (bicyclic) bond motifs is 4. The van der Waals surface area contributed by atoms with Crippen molar-refractivity contribution in [3.8, 4) is 5.75 Å². The van der Waals surface area contributed by atoms with E-state index in [1.807, 2.05) is 36.5 Å². The lowest BCUT2D eigenvalue weighted by atomic mass is 9.71. The van der Waals surface area contributed by atoms with Crippen LogP contribution < -0.4 is 4.74 Å². The molecular weight excluding hydrogens is 444 g/mol. The number of hydrogen-bond donors (Lipinski definition) is 1. The van der Waals surface area contributed by atoms with Crippen molar-refractivity contribution in [2.45, 2.75) is 31.5 Å². The summed E-state index contributed by atoms with van der Waals surface area (Å²) in [5.41, 5.74) is 4.28. The number of piperidine rings is 3. The molecule has 2 aromatic carbocycles. The molecule has 0 radical (unpaired) electrons. The van der Waals surface area contributed by atoms with Gasteiger partial charge < -0.3 is 14.3 Å². The van der Waals surface area contributed by atoms with E-state index in [1.54, 1.807) is 7.11 Å². The lowest BCUT2D eigenvalue weighted by molar-refractivity contribution is -0.984. The predicted octanol–water partition coefficient (Wildman–Crippen LogP) is 5.95. The number of aliphatic hydroxyl groups is 1. The summed E-state index contributed by atoms with van der Waals surface area (Å²) in [6.45, 7) is 11.1. The normalized spacial score (nSPS) is 26.5. The van der Waals surface area contributed by atoms with E-state index in [0.717, 1.165) is 58.3 Å². The summed E-state index contributed by atoms with van der Waals surface area (Å²) in [4.78, 5) is 4.53. The zero-order valence-electron chi connectivity index (χ0n) is 19.8. The third-order valence-corrected chi connectivity index (χ3v) is 8.05. The molecular formula is C29H34ClN2O2+. The van der Waals surface area contributed by atoms with E-state index in [2.05, 4.69) is 48.5 Å². The third-order valence-electron chi connectivity index (χ3n) is 8.05. The lowest BCUT2D eigenvalue weighted by Gasteiger charge is -2.58. The number of nitrogens with zero attached hydrogens (tertiary/aromatic N) is 2. The monoisotopic (exact) mass is 477 g/mol. The summed E-state index contributed by atoms with van der Waals surface area (Å²) in [6, 6.07) is 16.7. The van der Waals surface area contributed by atoms with Crippen molar-refractivity contribution >= 4 is 29.4 Å². The first-order valence-corrected chi connectivity index (χ1v) is 11.9. The van der Waals surface area contributed by atoms with E-state index in [0.29, 0.717) is 11.8 Å². The van der Waals surface area contributed by atoms with Crippen LogP contribution in [0.5, 0.6) is 5.75 Å². The molecule has 0 spiro atoms. The fourth-order valence-corrected chi connectivity index (χ4v) is 6.24. The summed E-state index contributed by atoms with van der Waals surface area (Å²) >= 11 is 0. The van der Waals surface area contributed by atoms with Crippen LogP contribution >= 0.6 is 12.4 Å². The largest absolute Gasteiger partial charge is 0.497 e. The number of halogens is 1. The van der Waals surface area contributed by atoms with Crippen LogP contribution in [-0.2, 0) is 6.54 Å². The van der Waals surface area contributed by atoms with Crippen LogP contribution in [0.1, 0.15) is 35.6 Å². The summed E-state index contributed by atoms with van der Waals surface area (Å²) in [6.07, 6.45) is 7.47. The summed E-state index contributed by atoms with van der Waals surface area (Å²) in [7, 11) is 1.67. The van der Waals surface area contributed by atoms with Gasteiger partial charge in [-0.05, 0) is 41.3 Å². The minimum atomic E-state index is -0.566.